The molecule has 4 nitrogen and oxygen atoms in total. The molecule has 1 N–H and O–H groups in total. The summed E-state index contributed by atoms with van der Waals surface area (Å²) in [6, 6.07) is 14.1. The van der Waals surface area contributed by atoms with Gasteiger partial charge in [0.1, 0.15) is 5.82 Å². The van der Waals surface area contributed by atoms with Crippen LogP contribution in [0.4, 0.5) is 5.82 Å². The van der Waals surface area contributed by atoms with Crippen LogP contribution in [0.5, 0.6) is 0 Å². The van der Waals surface area contributed by atoms with Gasteiger partial charge in [-0.2, -0.15) is 0 Å². The van der Waals surface area contributed by atoms with Gasteiger partial charge in [0, 0.05) is 18.8 Å². The fourth-order valence-corrected chi connectivity index (χ4v) is 2.97. The van der Waals surface area contributed by atoms with E-state index in [1.807, 2.05) is 18.2 Å². The Bertz CT molecular complexity index is 671. The van der Waals surface area contributed by atoms with Crippen molar-refractivity contribution in [1.29, 1.82) is 0 Å². The van der Waals surface area contributed by atoms with E-state index in [4.69, 9.17) is 11.6 Å². The van der Waals surface area contributed by atoms with E-state index in [9.17, 15) is 4.79 Å². The van der Waals surface area contributed by atoms with Gasteiger partial charge in [-0.05, 0) is 43.4 Å². The Morgan fingerprint density at radius 1 is 1.29 bits per heavy atom. The molecule has 1 fully saturated rings. The zero-order valence-electron chi connectivity index (χ0n) is 13.8. The summed E-state index contributed by atoms with van der Waals surface area (Å²) >= 11 is 5.82. The largest absolute Gasteiger partial charge is 0.310 e. The van der Waals surface area contributed by atoms with Crippen molar-refractivity contribution in [3.63, 3.8) is 0 Å². The topological polar surface area (TPSA) is 45.2 Å². The maximum Gasteiger partial charge on any atom is 0.239 e. The standard InChI is InChI=1S/C19H22ClN3O/c1-14(16-7-8-16)23(12-15-5-3-2-4-6-15)13-19(24)22-18-10-9-17(20)11-21-18/h2-6,9-11,14,16H,7-8,12-13H2,1H3,(H,21,22,24). The molecule has 24 heavy (non-hydrogen) atoms. The van der Waals surface area contributed by atoms with Crippen LogP contribution in [0, 0.1) is 5.92 Å². The second-order valence-electron chi connectivity index (χ2n) is 6.38. The molecule has 1 aromatic heterocycles. The van der Waals surface area contributed by atoms with E-state index in [0.29, 0.717) is 29.3 Å². The lowest BCUT2D eigenvalue weighted by Crippen LogP contribution is -2.40. The fourth-order valence-electron chi connectivity index (χ4n) is 2.86. The van der Waals surface area contributed by atoms with Crippen molar-refractivity contribution >= 4 is 23.3 Å². The van der Waals surface area contributed by atoms with Crippen molar-refractivity contribution in [3.8, 4) is 0 Å². The average Bonchev–Trinajstić information content (AvgIpc) is 3.42. The lowest BCUT2D eigenvalue weighted by atomic mass is 10.1. The van der Waals surface area contributed by atoms with Crippen molar-refractivity contribution in [2.24, 2.45) is 5.92 Å². The van der Waals surface area contributed by atoms with Crippen molar-refractivity contribution in [1.82, 2.24) is 9.88 Å². The van der Waals surface area contributed by atoms with Gasteiger partial charge in [0.15, 0.2) is 0 Å². The molecule has 0 aliphatic heterocycles. The zero-order chi connectivity index (χ0) is 16.9. The highest BCUT2D eigenvalue weighted by molar-refractivity contribution is 6.30. The number of nitrogens with one attached hydrogen (secondary N) is 1. The lowest BCUT2D eigenvalue weighted by molar-refractivity contribution is -0.118. The first kappa shape index (κ1) is 16.9. The third-order valence-electron chi connectivity index (χ3n) is 4.45. The molecule has 0 radical (unpaired) electrons. The summed E-state index contributed by atoms with van der Waals surface area (Å²) in [6.45, 7) is 3.35. The first-order valence-corrected chi connectivity index (χ1v) is 8.69. The summed E-state index contributed by atoms with van der Waals surface area (Å²) in [5.74, 6) is 1.19. The van der Waals surface area contributed by atoms with E-state index in [-0.39, 0.29) is 5.91 Å². The van der Waals surface area contributed by atoms with Gasteiger partial charge >= 0.3 is 0 Å². The van der Waals surface area contributed by atoms with E-state index in [2.05, 4.69) is 34.3 Å². The van der Waals surface area contributed by atoms with Gasteiger partial charge in [0.25, 0.3) is 0 Å². The van der Waals surface area contributed by atoms with Crippen molar-refractivity contribution < 1.29 is 4.79 Å². The molecule has 1 aliphatic carbocycles. The predicted molar refractivity (Wildman–Crippen MR) is 96.9 cm³/mol. The Morgan fingerprint density at radius 3 is 2.67 bits per heavy atom. The third-order valence-corrected chi connectivity index (χ3v) is 4.67. The van der Waals surface area contributed by atoms with E-state index in [1.165, 1.54) is 24.6 Å². The van der Waals surface area contributed by atoms with Crippen molar-refractivity contribution in [2.75, 3.05) is 11.9 Å². The lowest BCUT2D eigenvalue weighted by Gasteiger charge is -2.28. The Hall–Kier alpha value is -1.91. The molecule has 0 saturated heterocycles. The number of aromatic nitrogens is 1. The van der Waals surface area contributed by atoms with Crippen molar-refractivity contribution in [3.05, 3.63) is 59.2 Å². The predicted octanol–water partition coefficient (Wildman–Crippen LogP) is 3.97. The summed E-state index contributed by atoms with van der Waals surface area (Å²) in [5, 5.41) is 3.41. The molecule has 1 atom stereocenters. The van der Waals surface area contributed by atoms with Crippen LogP contribution >= 0.6 is 11.6 Å². The van der Waals surface area contributed by atoms with Gasteiger partial charge < -0.3 is 5.32 Å². The Kier molecular flexibility index (Phi) is 5.48. The number of nitrogens with zero attached hydrogens (tertiary/aromatic N) is 2. The molecule has 5 heteroatoms. The molecule has 126 valence electrons. The summed E-state index contributed by atoms with van der Waals surface area (Å²) in [5.41, 5.74) is 1.22. The Balaban J connectivity index is 1.64. The van der Waals surface area contributed by atoms with E-state index in [1.54, 1.807) is 12.1 Å². The Labute approximate surface area is 147 Å². The highest BCUT2D eigenvalue weighted by atomic mass is 35.5. The molecule has 1 heterocycles. The maximum absolute atomic E-state index is 12.4. The quantitative estimate of drug-likeness (QED) is 0.827. The maximum atomic E-state index is 12.4. The number of carbonyl (C=O) groups is 1. The van der Waals surface area contributed by atoms with E-state index in [0.717, 1.165) is 6.54 Å². The van der Waals surface area contributed by atoms with Crippen LogP contribution in [0.2, 0.25) is 5.02 Å². The van der Waals surface area contributed by atoms with Crippen LogP contribution in [-0.2, 0) is 11.3 Å². The number of anilines is 1. The minimum Gasteiger partial charge on any atom is -0.310 e. The van der Waals surface area contributed by atoms with Crippen LogP contribution in [0.1, 0.15) is 25.3 Å². The second kappa shape index (κ2) is 7.77. The molecular weight excluding hydrogens is 322 g/mol. The van der Waals surface area contributed by atoms with Crippen molar-refractivity contribution in [2.45, 2.75) is 32.4 Å². The van der Waals surface area contributed by atoms with E-state index >= 15 is 0 Å². The number of carbonyl (C=O) groups excluding carboxylic acids is 1. The number of rotatable bonds is 7. The van der Waals surface area contributed by atoms with Crippen LogP contribution in [0.25, 0.3) is 0 Å². The third kappa shape index (κ3) is 4.79. The molecule has 1 amide bonds. The second-order valence-corrected chi connectivity index (χ2v) is 6.81. The molecule has 1 unspecified atom stereocenters. The molecule has 3 rings (SSSR count). The van der Waals surface area contributed by atoms with Crippen LogP contribution in [0.3, 0.4) is 0 Å². The Morgan fingerprint density at radius 2 is 2.04 bits per heavy atom. The zero-order valence-corrected chi connectivity index (χ0v) is 14.5. The van der Waals surface area contributed by atoms with Gasteiger partial charge in [-0.3, -0.25) is 9.69 Å². The molecule has 1 saturated carbocycles. The first-order chi connectivity index (χ1) is 11.6. The molecule has 0 spiro atoms. The highest BCUT2D eigenvalue weighted by Crippen LogP contribution is 2.35. The minimum atomic E-state index is -0.0479. The first-order valence-electron chi connectivity index (χ1n) is 8.31. The van der Waals surface area contributed by atoms with Gasteiger partial charge in [0.05, 0.1) is 11.6 Å². The number of amides is 1. The van der Waals surface area contributed by atoms with Gasteiger partial charge in [-0.15, -0.1) is 0 Å². The number of halogens is 1. The highest BCUT2D eigenvalue weighted by Gasteiger charge is 2.32. The normalized spacial score (nSPS) is 15.3. The van der Waals surface area contributed by atoms with Gasteiger partial charge in [0.2, 0.25) is 5.91 Å². The van der Waals surface area contributed by atoms with Gasteiger partial charge in [-0.1, -0.05) is 41.9 Å². The molecule has 0 bridgehead atoms. The number of hydrogen-bond acceptors (Lipinski definition) is 3. The number of benzene rings is 1. The molecule has 1 aliphatic rings. The minimum absolute atomic E-state index is 0.0479. The van der Waals surface area contributed by atoms with Crippen LogP contribution in [0.15, 0.2) is 48.7 Å². The van der Waals surface area contributed by atoms with Gasteiger partial charge in [-0.25, -0.2) is 4.98 Å². The molecular formula is C19H22ClN3O. The summed E-state index contributed by atoms with van der Waals surface area (Å²) in [6.07, 6.45) is 4.05. The fraction of sp³-hybridized carbons (Fsp3) is 0.368. The summed E-state index contributed by atoms with van der Waals surface area (Å²) in [4.78, 5) is 18.8. The number of hydrogen-bond donors (Lipinski definition) is 1. The summed E-state index contributed by atoms with van der Waals surface area (Å²) < 4.78 is 0. The van der Waals surface area contributed by atoms with E-state index < -0.39 is 0 Å². The van der Waals surface area contributed by atoms with Crippen LogP contribution in [-0.4, -0.2) is 28.4 Å². The van der Waals surface area contributed by atoms with Crippen LogP contribution < -0.4 is 5.32 Å². The summed E-state index contributed by atoms with van der Waals surface area (Å²) in [7, 11) is 0. The SMILES string of the molecule is CC(C1CC1)N(CC(=O)Nc1ccc(Cl)cn1)Cc1ccccc1. The smallest absolute Gasteiger partial charge is 0.239 e. The molecule has 2 aromatic rings. The monoisotopic (exact) mass is 343 g/mol. The molecule has 1 aromatic carbocycles. The average molecular weight is 344 g/mol. The number of pyridine rings is 1.